The minimum absolute atomic E-state index is 0.100. The van der Waals surface area contributed by atoms with E-state index in [0.717, 1.165) is 81.5 Å². The minimum Gasteiger partial charge on any atom is -0.495 e. The topological polar surface area (TPSA) is 76.0 Å². The molecule has 0 aliphatic carbocycles. The molecule has 2 bridgehead atoms. The number of carbonyl (C=O) groups excluding carboxylic acids is 1. The van der Waals surface area contributed by atoms with Crippen LogP contribution in [0, 0.1) is 11.8 Å². The quantitative estimate of drug-likeness (QED) is 0.456. The fourth-order valence-electron chi connectivity index (χ4n) is 6.28. The zero-order chi connectivity index (χ0) is 25.9. The van der Waals surface area contributed by atoms with Crippen LogP contribution in [0.25, 0.3) is 0 Å². The fourth-order valence-corrected chi connectivity index (χ4v) is 6.28. The maximum absolute atomic E-state index is 13.6. The summed E-state index contributed by atoms with van der Waals surface area (Å²) in [4.78, 5) is 20.5. The smallest absolute Gasteiger partial charge is 0.227 e. The number of rotatable bonds is 8. The van der Waals surface area contributed by atoms with Crippen molar-refractivity contribution in [2.24, 2.45) is 11.8 Å². The number of hydrogen-bond acceptors (Lipinski definition) is 7. The van der Waals surface area contributed by atoms with Crippen LogP contribution in [-0.2, 0) is 17.9 Å². The molecule has 5 heterocycles. The molecule has 2 aromatic carbocycles. The number of ether oxygens (including phenoxy) is 2. The van der Waals surface area contributed by atoms with E-state index in [1.165, 1.54) is 0 Å². The summed E-state index contributed by atoms with van der Waals surface area (Å²) in [5, 5.41) is 8.65. The van der Waals surface area contributed by atoms with E-state index in [1.54, 1.807) is 7.11 Å². The average molecular weight is 517 g/mol. The van der Waals surface area contributed by atoms with Gasteiger partial charge in [-0.2, -0.15) is 0 Å². The number of amides is 1. The summed E-state index contributed by atoms with van der Waals surface area (Å²) in [6.07, 6.45) is 4.12. The van der Waals surface area contributed by atoms with Gasteiger partial charge in [0.25, 0.3) is 0 Å². The Labute approximate surface area is 223 Å². The monoisotopic (exact) mass is 516 g/mol. The van der Waals surface area contributed by atoms with Crippen LogP contribution in [0.5, 0.6) is 11.5 Å². The minimum atomic E-state index is 0.100. The molecule has 9 heteroatoms. The molecule has 0 radical (unpaired) electrons. The number of anilines is 1. The van der Waals surface area contributed by atoms with E-state index in [0.29, 0.717) is 24.5 Å². The van der Waals surface area contributed by atoms with Crippen LogP contribution >= 0.6 is 0 Å². The molecule has 4 fully saturated rings. The molecule has 1 amide bonds. The third-order valence-electron chi connectivity index (χ3n) is 8.33. The highest BCUT2D eigenvalue weighted by molar-refractivity contribution is 5.80. The molecule has 3 aromatic rings. The molecule has 4 aliphatic rings. The largest absolute Gasteiger partial charge is 0.495 e. The zero-order valence-corrected chi connectivity index (χ0v) is 22.0. The summed E-state index contributed by atoms with van der Waals surface area (Å²) in [7, 11) is 1.71. The van der Waals surface area contributed by atoms with Crippen LogP contribution in [0.4, 0.5) is 5.69 Å². The third-order valence-corrected chi connectivity index (χ3v) is 8.33. The van der Waals surface area contributed by atoms with Gasteiger partial charge >= 0.3 is 0 Å². The number of benzene rings is 2. The number of piperidine rings is 3. The third kappa shape index (κ3) is 5.20. The first-order valence-electron chi connectivity index (χ1n) is 13.7. The summed E-state index contributed by atoms with van der Waals surface area (Å²) < 4.78 is 13.3. The van der Waals surface area contributed by atoms with Crippen LogP contribution in [-0.4, -0.2) is 83.1 Å². The number of piperazine rings is 1. The average Bonchev–Trinajstić information content (AvgIpc) is 3.44. The molecule has 9 nitrogen and oxygen atoms in total. The normalized spacial score (nSPS) is 24.9. The van der Waals surface area contributed by atoms with Crippen LogP contribution in [0.2, 0.25) is 0 Å². The summed E-state index contributed by atoms with van der Waals surface area (Å²) >= 11 is 0. The lowest BCUT2D eigenvalue weighted by Crippen LogP contribution is -2.60. The van der Waals surface area contributed by atoms with Crippen LogP contribution in [0.3, 0.4) is 0 Å². The van der Waals surface area contributed by atoms with Crippen molar-refractivity contribution in [3.8, 4) is 11.5 Å². The lowest BCUT2D eigenvalue weighted by molar-refractivity contribution is -0.144. The van der Waals surface area contributed by atoms with Gasteiger partial charge in [-0.15, -0.1) is 5.10 Å². The first kappa shape index (κ1) is 24.7. The van der Waals surface area contributed by atoms with Crippen molar-refractivity contribution >= 4 is 11.6 Å². The maximum Gasteiger partial charge on any atom is 0.227 e. The van der Waals surface area contributed by atoms with E-state index >= 15 is 0 Å². The molecule has 200 valence electrons. The van der Waals surface area contributed by atoms with Crippen molar-refractivity contribution in [1.29, 1.82) is 0 Å². The number of aromatic nitrogens is 3. The molecule has 4 aliphatic heterocycles. The van der Waals surface area contributed by atoms with Crippen LogP contribution in [0.15, 0.2) is 60.8 Å². The molecule has 4 saturated heterocycles. The Morgan fingerprint density at radius 2 is 1.79 bits per heavy atom. The second-order valence-electron chi connectivity index (χ2n) is 10.6. The first-order chi connectivity index (χ1) is 18.7. The van der Waals surface area contributed by atoms with Crippen LogP contribution in [0.1, 0.15) is 18.5 Å². The lowest BCUT2D eigenvalue weighted by Gasteiger charge is -2.50. The summed E-state index contributed by atoms with van der Waals surface area (Å²) in [6, 6.07) is 18.3. The Hall–Kier alpha value is -3.59. The Bertz CT molecular complexity index is 1230. The number of nitrogens with zero attached hydrogens (tertiary/aromatic N) is 6. The predicted octanol–water partition coefficient (Wildman–Crippen LogP) is 2.92. The van der Waals surface area contributed by atoms with Gasteiger partial charge in [0, 0.05) is 38.8 Å². The molecule has 38 heavy (non-hydrogen) atoms. The van der Waals surface area contributed by atoms with Crippen molar-refractivity contribution < 1.29 is 14.3 Å². The number of methoxy groups -OCH3 is 1. The molecule has 0 spiro atoms. The number of hydrogen-bond donors (Lipinski definition) is 0. The fraction of sp³-hybridized carbons (Fsp3) is 0.483. The predicted molar refractivity (Wildman–Crippen MR) is 144 cm³/mol. The Balaban J connectivity index is 1.01. The van der Waals surface area contributed by atoms with Gasteiger partial charge in [0.15, 0.2) is 0 Å². The highest BCUT2D eigenvalue weighted by Crippen LogP contribution is 2.38. The lowest BCUT2D eigenvalue weighted by atomic mass is 9.75. The highest BCUT2D eigenvalue weighted by Gasteiger charge is 2.44. The molecular weight excluding hydrogens is 480 g/mol. The Morgan fingerprint density at radius 3 is 2.55 bits per heavy atom. The van der Waals surface area contributed by atoms with Gasteiger partial charge in [-0.05, 0) is 49.6 Å². The molecule has 1 aromatic heterocycles. The van der Waals surface area contributed by atoms with Gasteiger partial charge in [0.05, 0.1) is 31.5 Å². The van der Waals surface area contributed by atoms with E-state index in [1.807, 2.05) is 59.4 Å². The van der Waals surface area contributed by atoms with Gasteiger partial charge in [-0.1, -0.05) is 35.5 Å². The van der Waals surface area contributed by atoms with Crippen molar-refractivity contribution in [3.05, 3.63) is 66.5 Å². The Kier molecular flexibility index (Phi) is 7.18. The molecule has 0 N–H and O–H groups in total. The number of fused-ring (bicyclic) bond motifs is 3. The first-order valence-corrected chi connectivity index (χ1v) is 13.7. The number of carbonyl (C=O) groups is 1. The van der Waals surface area contributed by atoms with Gasteiger partial charge in [-0.3, -0.25) is 14.4 Å². The maximum atomic E-state index is 13.6. The molecule has 1 unspecified atom stereocenters. The van der Waals surface area contributed by atoms with Crippen molar-refractivity contribution in [2.45, 2.75) is 32.0 Å². The van der Waals surface area contributed by atoms with E-state index in [4.69, 9.17) is 9.47 Å². The number of para-hydroxylation sites is 3. The second kappa shape index (κ2) is 11.0. The Morgan fingerprint density at radius 1 is 1.00 bits per heavy atom. The molecule has 0 saturated carbocycles. The van der Waals surface area contributed by atoms with E-state index in [9.17, 15) is 4.79 Å². The summed E-state index contributed by atoms with van der Waals surface area (Å²) in [5.74, 6) is 2.59. The van der Waals surface area contributed by atoms with Crippen molar-refractivity contribution in [2.75, 3.05) is 51.3 Å². The van der Waals surface area contributed by atoms with Gasteiger partial charge < -0.3 is 19.3 Å². The van der Waals surface area contributed by atoms with E-state index in [-0.39, 0.29) is 5.92 Å². The summed E-state index contributed by atoms with van der Waals surface area (Å²) in [6.45, 7) is 6.29. The van der Waals surface area contributed by atoms with Crippen LogP contribution < -0.4 is 14.4 Å². The standard InChI is InChI=1S/C29H36N6O3/c1-37-28-10-6-5-9-27(28)32-13-15-33(16-14-32)29(36)26-20-34-12-11-22(26)17-24(34)19-35-18-23(30-31-35)21-38-25-7-3-2-4-8-25/h2-10,18,22,24,26H,11-17,19-21H2,1H3/t22-,24+,26-/m0/s1. The van der Waals surface area contributed by atoms with Gasteiger partial charge in [0.2, 0.25) is 5.91 Å². The molecular formula is C29H36N6O3. The van der Waals surface area contributed by atoms with Gasteiger partial charge in [0.1, 0.15) is 23.8 Å². The van der Waals surface area contributed by atoms with Gasteiger partial charge in [-0.25, -0.2) is 0 Å². The molecule has 7 rings (SSSR count). The SMILES string of the molecule is COc1ccccc1N1CCN(C(=O)[C@H]2CN3CC[C@H]2C[C@@H]3Cn2cc(COc3ccccc3)nn2)CC1. The van der Waals surface area contributed by atoms with E-state index in [2.05, 4.69) is 31.1 Å². The summed E-state index contributed by atoms with van der Waals surface area (Å²) in [5.41, 5.74) is 1.93. The zero-order valence-electron chi connectivity index (χ0n) is 22.0. The van der Waals surface area contributed by atoms with Crippen molar-refractivity contribution in [3.63, 3.8) is 0 Å². The molecule has 4 atom stereocenters. The van der Waals surface area contributed by atoms with Crippen molar-refractivity contribution in [1.82, 2.24) is 24.8 Å². The second-order valence-corrected chi connectivity index (χ2v) is 10.6. The highest BCUT2D eigenvalue weighted by atomic mass is 16.5. The van der Waals surface area contributed by atoms with E-state index < -0.39 is 0 Å².